The van der Waals surface area contributed by atoms with E-state index in [4.69, 9.17) is 5.73 Å². The second-order valence-electron chi connectivity index (χ2n) is 6.00. The van der Waals surface area contributed by atoms with E-state index in [1.54, 1.807) is 18.2 Å². The van der Waals surface area contributed by atoms with Gasteiger partial charge in [-0.15, -0.1) is 0 Å². The first-order valence-corrected chi connectivity index (χ1v) is 7.32. The zero-order chi connectivity index (χ0) is 14.8. The summed E-state index contributed by atoms with van der Waals surface area (Å²) in [5.41, 5.74) is 6.32. The number of phenols is 1. The van der Waals surface area contributed by atoms with Gasteiger partial charge in [-0.25, -0.2) is 0 Å². The fraction of sp³-hybridized carbons (Fsp3) is 0.562. The molecule has 0 aromatic heterocycles. The van der Waals surface area contributed by atoms with Gasteiger partial charge in [0.25, 0.3) is 0 Å². The van der Waals surface area contributed by atoms with Crippen LogP contribution in [0.15, 0.2) is 24.3 Å². The van der Waals surface area contributed by atoms with Crippen molar-refractivity contribution in [1.82, 2.24) is 4.90 Å². The van der Waals surface area contributed by atoms with Crippen molar-refractivity contribution in [2.75, 3.05) is 0 Å². The summed E-state index contributed by atoms with van der Waals surface area (Å²) in [5, 5.41) is 9.53. The Hall–Kier alpha value is -1.55. The van der Waals surface area contributed by atoms with E-state index in [-0.39, 0.29) is 11.7 Å². The molecule has 0 aliphatic heterocycles. The average molecular weight is 276 g/mol. The van der Waals surface area contributed by atoms with Crippen LogP contribution in [0.4, 0.5) is 0 Å². The van der Waals surface area contributed by atoms with Crippen molar-refractivity contribution in [3.8, 4) is 5.75 Å². The minimum absolute atomic E-state index is 0.0187. The van der Waals surface area contributed by atoms with Gasteiger partial charge < -0.3 is 15.7 Å². The smallest absolute Gasteiger partial charge is 0.242 e. The molecule has 1 aliphatic rings. The van der Waals surface area contributed by atoms with Crippen LogP contribution in [0.25, 0.3) is 0 Å². The lowest BCUT2D eigenvalue weighted by molar-refractivity contribution is -0.138. The Labute approximate surface area is 120 Å². The molecular weight excluding hydrogens is 252 g/mol. The first kappa shape index (κ1) is 14.9. The molecular formula is C16H24N2O2. The Morgan fingerprint density at radius 2 is 2.20 bits per heavy atom. The van der Waals surface area contributed by atoms with E-state index in [0.717, 1.165) is 24.8 Å². The highest BCUT2D eigenvalue weighted by Gasteiger charge is 2.39. The minimum atomic E-state index is -0.797. The number of rotatable bonds is 6. The SMILES string of the molecule is CCCC(C)(N)C(=O)N(Cc1cccc(O)c1)C1CC1. The minimum Gasteiger partial charge on any atom is -0.508 e. The van der Waals surface area contributed by atoms with Gasteiger partial charge in [0.15, 0.2) is 0 Å². The molecule has 2 rings (SSSR count). The van der Waals surface area contributed by atoms with Crippen molar-refractivity contribution in [3.63, 3.8) is 0 Å². The summed E-state index contributed by atoms with van der Waals surface area (Å²) >= 11 is 0. The fourth-order valence-electron chi connectivity index (χ4n) is 2.56. The zero-order valence-electron chi connectivity index (χ0n) is 12.3. The van der Waals surface area contributed by atoms with Gasteiger partial charge in [-0.3, -0.25) is 4.79 Å². The molecule has 1 amide bonds. The lowest BCUT2D eigenvalue weighted by Crippen LogP contribution is -2.53. The predicted molar refractivity (Wildman–Crippen MR) is 79.2 cm³/mol. The lowest BCUT2D eigenvalue weighted by Gasteiger charge is -2.32. The second-order valence-corrected chi connectivity index (χ2v) is 6.00. The molecule has 0 bridgehead atoms. The summed E-state index contributed by atoms with van der Waals surface area (Å²) in [6.45, 7) is 4.38. The van der Waals surface area contributed by atoms with Crippen LogP contribution in [0, 0.1) is 0 Å². The summed E-state index contributed by atoms with van der Waals surface area (Å²) in [7, 11) is 0. The monoisotopic (exact) mass is 276 g/mol. The summed E-state index contributed by atoms with van der Waals surface area (Å²) in [6.07, 6.45) is 3.68. The van der Waals surface area contributed by atoms with Crippen LogP contribution in [0.2, 0.25) is 0 Å². The predicted octanol–water partition coefficient (Wildman–Crippen LogP) is 2.40. The number of nitrogens with zero attached hydrogens (tertiary/aromatic N) is 1. The van der Waals surface area contributed by atoms with Crippen LogP contribution in [0.5, 0.6) is 5.75 Å². The number of nitrogens with two attached hydrogens (primary N) is 1. The summed E-state index contributed by atoms with van der Waals surface area (Å²) < 4.78 is 0. The van der Waals surface area contributed by atoms with E-state index in [1.165, 1.54) is 0 Å². The summed E-state index contributed by atoms with van der Waals surface area (Å²) in [4.78, 5) is 14.5. The Bertz CT molecular complexity index is 481. The highest BCUT2D eigenvalue weighted by atomic mass is 16.3. The average Bonchev–Trinajstić information content (AvgIpc) is 3.19. The maximum Gasteiger partial charge on any atom is 0.242 e. The lowest BCUT2D eigenvalue weighted by atomic mass is 9.95. The number of benzene rings is 1. The molecule has 0 spiro atoms. The number of carbonyl (C=O) groups is 1. The molecule has 1 aromatic carbocycles. The maximum absolute atomic E-state index is 12.7. The van der Waals surface area contributed by atoms with Crippen LogP contribution >= 0.6 is 0 Å². The number of hydrogen-bond donors (Lipinski definition) is 2. The van der Waals surface area contributed by atoms with Gasteiger partial charge in [0.05, 0.1) is 5.54 Å². The van der Waals surface area contributed by atoms with Gasteiger partial charge in [-0.05, 0) is 43.9 Å². The molecule has 4 heteroatoms. The van der Waals surface area contributed by atoms with Crippen molar-refractivity contribution < 1.29 is 9.90 Å². The van der Waals surface area contributed by atoms with Crippen LogP contribution in [0.1, 0.15) is 45.1 Å². The molecule has 1 aromatic rings. The number of phenolic OH excluding ortho intramolecular Hbond substituents is 1. The van der Waals surface area contributed by atoms with Gasteiger partial charge >= 0.3 is 0 Å². The topological polar surface area (TPSA) is 66.6 Å². The molecule has 1 unspecified atom stereocenters. The van der Waals surface area contributed by atoms with E-state index >= 15 is 0 Å². The first-order valence-electron chi connectivity index (χ1n) is 7.32. The third-order valence-corrected chi connectivity index (χ3v) is 3.77. The van der Waals surface area contributed by atoms with Crippen molar-refractivity contribution in [2.45, 2.75) is 57.7 Å². The van der Waals surface area contributed by atoms with Crippen LogP contribution in [-0.2, 0) is 11.3 Å². The number of amides is 1. The van der Waals surface area contributed by atoms with E-state index < -0.39 is 5.54 Å². The molecule has 3 N–H and O–H groups in total. The van der Waals surface area contributed by atoms with Crippen molar-refractivity contribution in [1.29, 1.82) is 0 Å². The van der Waals surface area contributed by atoms with Crippen LogP contribution < -0.4 is 5.73 Å². The molecule has 1 aliphatic carbocycles. The standard InChI is InChI=1S/C16H24N2O2/c1-3-9-16(2,17)15(20)18(13-7-8-13)11-12-5-4-6-14(19)10-12/h4-6,10,13,19H,3,7-9,11,17H2,1-2H3. The fourth-order valence-corrected chi connectivity index (χ4v) is 2.56. The maximum atomic E-state index is 12.7. The molecule has 4 nitrogen and oxygen atoms in total. The van der Waals surface area contributed by atoms with E-state index in [2.05, 4.69) is 0 Å². The Balaban J connectivity index is 2.13. The van der Waals surface area contributed by atoms with Gasteiger partial charge in [-0.1, -0.05) is 25.5 Å². The molecule has 20 heavy (non-hydrogen) atoms. The highest BCUT2D eigenvalue weighted by Crippen LogP contribution is 2.31. The molecule has 1 atom stereocenters. The highest BCUT2D eigenvalue weighted by molar-refractivity contribution is 5.86. The van der Waals surface area contributed by atoms with E-state index in [9.17, 15) is 9.90 Å². The van der Waals surface area contributed by atoms with Gasteiger partial charge in [0, 0.05) is 12.6 Å². The molecule has 0 saturated heterocycles. The zero-order valence-corrected chi connectivity index (χ0v) is 12.3. The third kappa shape index (κ3) is 3.51. The van der Waals surface area contributed by atoms with E-state index in [0.29, 0.717) is 19.0 Å². The molecule has 0 radical (unpaired) electrons. The Kier molecular flexibility index (Phi) is 4.33. The Morgan fingerprint density at radius 3 is 2.75 bits per heavy atom. The van der Waals surface area contributed by atoms with Crippen molar-refractivity contribution >= 4 is 5.91 Å². The van der Waals surface area contributed by atoms with Crippen molar-refractivity contribution in [2.24, 2.45) is 5.73 Å². The first-order chi connectivity index (χ1) is 9.44. The van der Waals surface area contributed by atoms with Gasteiger partial charge in [0.2, 0.25) is 5.91 Å². The summed E-state index contributed by atoms with van der Waals surface area (Å²) in [6, 6.07) is 7.38. The van der Waals surface area contributed by atoms with Crippen molar-refractivity contribution in [3.05, 3.63) is 29.8 Å². The Morgan fingerprint density at radius 1 is 1.50 bits per heavy atom. The number of hydrogen-bond acceptors (Lipinski definition) is 3. The molecule has 110 valence electrons. The van der Waals surface area contributed by atoms with E-state index in [1.807, 2.05) is 24.8 Å². The molecule has 0 heterocycles. The third-order valence-electron chi connectivity index (χ3n) is 3.77. The molecule has 1 fully saturated rings. The summed E-state index contributed by atoms with van der Waals surface area (Å²) in [5.74, 6) is 0.250. The van der Waals surface area contributed by atoms with Gasteiger partial charge in [-0.2, -0.15) is 0 Å². The normalized spacial score (nSPS) is 17.6. The van der Waals surface area contributed by atoms with Crippen LogP contribution in [-0.4, -0.2) is 27.5 Å². The number of aromatic hydroxyl groups is 1. The second kappa shape index (κ2) is 5.83. The number of carbonyl (C=O) groups excluding carboxylic acids is 1. The van der Waals surface area contributed by atoms with Crippen LogP contribution in [0.3, 0.4) is 0 Å². The quantitative estimate of drug-likeness (QED) is 0.838. The largest absolute Gasteiger partial charge is 0.508 e. The molecule has 1 saturated carbocycles. The van der Waals surface area contributed by atoms with Gasteiger partial charge in [0.1, 0.15) is 5.75 Å².